The van der Waals surface area contributed by atoms with Crippen LogP contribution in [0.1, 0.15) is 13.8 Å². The van der Waals surface area contributed by atoms with Crippen molar-refractivity contribution >= 4 is 20.6 Å². The summed E-state index contributed by atoms with van der Waals surface area (Å²) in [6.45, 7) is 4.45. The maximum absolute atomic E-state index is 5.00. The zero-order valence-corrected chi connectivity index (χ0v) is 5.66. The molecule has 0 nitrogen and oxygen atoms in total. The van der Waals surface area contributed by atoms with Crippen molar-refractivity contribution in [3.05, 3.63) is 0 Å². The van der Waals surface area contributed by atoms with Gasteiger partial charge in [-0.25, -0.2) is 0 Å². The summed E-state index contributed by atoms with van der Waals surface area (Å²) in [6.07, 6.45) is 0. The molecule has 0 amide bonds. The van der Waals surface area contributed by atoms with Gasteiger partial charge in [-0.2, -0.15) is 0 Å². The standard InChI is InChI=1S/C4H8S2/c1-4(2)3-6(4)5/h3H2,1-2H3. The van der Waals surface area contributed by atoms with Gasteiger partial charge in [0.05, 0.1) is 0 Å². The number of rotatable bonds is 0. The first kappa shape index (κ1) is 4.72. The largest absolute Gasteiger partial charge is 0.114 e. The highest BCUT2D eigenvalue weighted by Gasteiger charge is 2.37. The molecule has 1 aliphatic rings. The van der Waals surface area contributed by atoms with E-state index in [0.29, 0.717) is 14.2 Å². The third-order valence-electron chi connectivity index (χ3n) is 1.01. The van der Waals surface area contributed by atoms with Gasteiger partial charge in [-0.1, -0.05) is 11.2 Å². The Balaban J connectivity index is 2.63. The molecule has 2 heteroatoms. The van der Waals surface area contributed by atoms with Gasteiger partial charge in [0.25, 0.3) is 0 Å². The van der Waals surface area contributed by atoms with Crippen LogP contribution in [0.4, 0.5) is 0 Å². The van der Waals surface area contributed by atoms with Crippen LogP contribution in [0, 0.1) is 0 Å². The average molecular weight is 120 g/mol. The molecule has 0 radical (unpaired) electrons. The highest BCUT2D eigenvalue weighted by Crippen LogP contribution is 2.30. The van der Waals surface area contributed by atoms with Crippen LogP contribution in [0.15, 0.2) is 0 Å². The quantitative estimate of drug-likeness (QED) is 0.427. The monoisotopic (exact) mass is 120 g/mol. The number of hydrogen-bond donors (Lipinski definition) is 0. The van der Waals surface area contributed by atoms with Crippen molar-refractivity contribution < 1.29 is 0 Å². The van der Waals surface area contributed by atoms with E-state index < -0.39 is 0 Å². The van der Waals surface area contributed by atoms with Crippen LogP contribution >= 0.6 is 0 Å². The van der Waals surface area contributed by atoms with Crippen LogP contribution in [0.5, 0.6) is 0 Å². The molecule has 0 aromatic rings. The van der Waals surface area contributed by atoms with Crippen molar-refractivity contribution in [1.29, 1.82) is 0 Å². The summed E-state index contributed by atoms with van der Waals surface area (Å²) >= 11 is 5.00. The Kier molecular flexibility index (Phi) is 0.819. The minimum absolute atomic E-state index is 0.362. The molecule has 1 unspecified atom stereocenters. The molecule has 0 saturated carbocycles. The van der Waals surface area contributed by atoms with E-state index in [1.165, 1.54) is 5.75 Å². The summed E-state index contributed by atoms with van der Waals surface area (Å²) in [5.41, 5.74) is 0. The Morgan fingerprint density at radius 2 is 1.83 bits per heavy atom. The number of hydrogen-bond acceptors (Lipinski definition) is 1. The zero-order valence-electron chi connectivity index (χ0n) is 4.02. The van der Waals surface area contributed by atoms with Gasteiger partial charge in [-0.05, 0) is 13.8 Å². The molecule has 1 fully saturated rings. The molecule has 0 aromatic heterocycles. The van der Waals surface area contributed by atoms with Crippen LogP contribution in [0.2, 0.25) is 0 Å². The van der Waals surface area contributed by atoms with E-state index in [-0.39, 0.29) is 0 Å². The molecule has 1 saturated heterocycles. The predicted molar refractivity (Wildman–Crippen MR) is 33.7 cm³/mol. The lowest BCUT2D eigenvalue weighted by atomic mass is 10.3. The minimum atomic E-state index is 0.362. The topological polar surface area (TPSA) is 0 Å². The molecule has 0 N–H and O–H groups in total. The van der Waals surface area contributed by atoms with E-state index in [4.69, 9.17) is 11.2 Å². The van der Waals surface area contributed by atoms with Gasteiger partial charge in [-0.3, -0.25) is 0 Å². The van der Waals surface area contributed by atoms with Gasteiger partial charge in [-0.15, -0.1) is 9.45 Å². The third kappa shape index (κ3) is 0.636. The SMILES string of the molecule is CC1(C)CS1=S. The van der Waals surface area contributed by atoms with Gasteiger partial charge in [0, 0.05) is 10.5 Å². The maximum atomic E-state index is 5.00. The second kappa shape index (κ2) is 1.04. The summed E-state index contributed by atoms with van der Waals surface area (Å²) in [5.74, 6) is 1.28. The molecule has 1 atom stereocenters. The van der Waals surface area contributed by atoms with Crippen molar-refractivity contribution in [3.63, 3.8) is 0 Å². The summed E-state index contributed by atoms with van der Waals surface area (Å²) < 4.78 is 0.551. The Morgan fingerprint density at radius 1 is 1.67 bits per heavy atom. The van der Waals surface area contributed by atoms with Crippen molar-refractivity contribution in [2.45, 2.75) is 18.6 Å². The molecule has 0 bridgehead atoms. The van der Waals surface area contributed by atoms with E-state index in [1.807, 2.05) is 0 Å². The van der Waals surface area contributed by atoms with Crippen LogP contribution in [0.25, 0.3) is 0 Å². The molecule has 1 aliphatic heterocycles. The van der Waals surface area contributed by atoms with Crippen molar-refractivity contribution in [2.75, 3.05) is 5.75 Å². The third-order valence-corrected chi connectivity index (χ3v) is 4.73. The second-order valence-corrected chi connectivity index (χ2v) is 5.54. The van der Waals surface area contributed by atoms with Gasteiger partial charge >= 0.3 is 0 Å². The second-order valence-electron chi connectivity index (χ2n) is 2.25. The zero-order chi connectivity index (χ0) is 4.78. The van der Waals surface area contributed by atoms with E-state index >= 15 is 0 Å². The maximum Gasteiger partial charge on any atom is 0.0244 e. The van der Waals surface area contributed by atoms with Crippen LogP contribution < -0.4 is 0 Å². The summed E-state index contributed by atoms with van der Waals surface area (Å²) in [7, 11) is 0.362. The van der Waals surface area contributed by atoms with Gasteiger partial charge in [0.15, 0.2) is 0 Å². The lowest BCUT2D eigenvalue weighted by Crippen LogP contribution is -1.92. The first-order valence-electron chi connectivity index (χ1n) is 2.01. The first-order chi connectivity index (χ1) is 2.63. The van der Waals surface area contributed by atoms with Crippen LogP contribution in [-0.2, 0) is 20.6 Å². The fourth-order valence-corrected chi connectivity index (χ4v) is 2.14. The van der Waals surface area contributed by atoms with Crippen molar-refractivity contribution in [3.8, 4) is 0 Å². The van der Waals surface area contributed by atoms with E-state index in [1.54, 1.807) is 0 Å². The smallest absolute Gasteiger partial charge is 0.0244 e. The lowest BCUT2D eigenvalue weighted by Gasteiger charge is -1.85. The van der Waals surface area contributed by atoms with Gasteiger partial charge < -0.3 is 0 Å². The fourth-order valence-electron chi connectivity index (χ4n) is 0.286. The first-order valence-corrected chi connectivity index (χ1v) is 4.33. The normalized spacial score (nSPS) is 39.3. The Hall–Kier alpha value is 0.570. The molecular formula is C4H8S2. The molecule has 36 valence electrons. The Labute approximate surface area is 45.5 Å². The van der Waals surface area contributed by atoms with E-state index in [0.717, 1.165) is 0 Å². The summed E-state index contributed by atoms with van der Waals surface area (Å²) in [4.78, 5) is 0. The molecule has 0 aliphatic carbocycles. The van der Waals surface area contributed by atoms with Gasteiger partial charge in [0.1, 0.15) is 0 Å². The van der Waals surface area contributed by atoms with Crippen LogP contribution in [-0.4, -0.2) is 10.5 Å². The summed E-state index contributed by atoms with van der Waals surface area (Å²) in [6, 6.07) is 0. The van der Waals surface area contributed by atoms with Crippen LogP contribution in [0.3, 0.4) is 0 Å². The Bertz CT molecular complexity index is 93.7. The average Bonchev–Trinajstić information content (AvgIpc) is 1.73. The minimum Gasteiger partial charge on any atom is -0.114 e. The van der Waals surface area contributed by atoms with E-state index in [9.17, 15) is 0 Å². The molecule has 1 heterocycles. The molecule has 1 rings (SSSR count). The highest BCUT2D eigenvalue weighted by molar-refractivity contribution is 8.33. The fraction of sp³-hybridized carbons (Fsp3) is 1.00. The molecule has 6 heavy (non-hydrogen) atoms. The molecule has 0 aromatic carbocycles. The highest BCUT2D eigenvalue weighted by atomic mass is 32.8. The van der Waals surface area contributed by atoms with Gasteiger partial charge in [0.2, 0.25) is 0 Å². The predicted octanol–water partition coefficient (Wildman–Crippen LogP) is 0.859. The summed E-state index contributed by atoms with van der Waals surface area (Å²) in [5, 5.41) is 0. The Morgan fingerprint density at radius 3 is 1.83 bits per heavy atom. The van der Waals surface area contributed by atoms with Crippen molar-refractivity contribution in [1.82, 2.24) is 0 Å². The van der Waals surface area contributed by atoms with Crippen molar-refractivity contribution in [2.24, 2.45) is 0 Å². The lowest BCUT2D eigenvalue weighted by molar-refractivity contribution is 0.905. The molecule has 0 spiro atoms. The molecular weight excluding hydrogens is 112 g/mol. The van der Waals surface area contributed by atoms with E-state index in [2.05, 4.69) is 13.8 Å².